The second-order valence-electron chi connectivity index (χ2n) is 5.35. The molecule has 2 aromatic rings. The molecule has 2 aromatic carbocycles. The number of nitrogens with two attached hydrogens (primary N) is 1. The van der Waals surface area contributed by atoms with Gasteiger partial charge in [0.2, 0.25) is 5.91 Å². The second-order valence-corrected chi connectivity index (χ2v) is 5.35. The fourth-order valence-electron chi connectivity index (χ4n) is 2.17. The van der Waals surface area contributed by atoms with Gasteiger partial charge < -0.3 is 11.1 Å². The van der Waals surface area contributed by atoms with E-state index >= 15 is 0 Å². The van der Waals surface area contributed by atoms with Gasteiger partial charge in [0.05, 0.1) is 0 Å². The van der Waals surface area contributed by atoms with E-state index in [1.165, 1.54) is 0 Å². The van der Waals surface area contributed by atoms with Gasteiger partial charge >= 0.3 is 0 Å². The Balaban J connectivity index is 2.39. The quantitative estimate of drug-likeness (QED) is 0.895. The minimum atomic E-state index is -0.929. The molecule has 20 heavy (non-hydrogen) atoms. The van der Waals surface area contributed by atoms with Crippen LogP contribution in [0.15, 0.2) is 48.5 Å². The van der Waals surface area contributed by atoms with Gasteiger partial charge in [0.1, 0.15) is 5.54 Å². The highest BCUT2D eigenvalue weighted by Gasteiger charge is 2.33. The van der Waals surface area contributed by atoms with Crippen molar-refractivity contribution < 1.29 is 4.79 Å². The Morgan fingerprint density at radius 2 is 1.70 bits per heavy atom. The van der Waals surface area contributed by atoms with Gasteiger partial charge in [-0.3, -0.25) is 4.79 Å². The standard InChI is InChI=1S/C17H20N2O/c1-12-7-9-14(10-8-12)17(3,16(18)20)19-15-6-4-5-13(2)11-15/h4-11,19H,1-3H3,(H2,18,20). The summed E-state index contributed by atoms with van der Waals surface area (Å²) in [6.07, 6.45) is 0. The molecule has 0 saturated heterocycles. The van der Waals surface area contributed by atoms with Crippen molar-refractivity contribution in [2.24, 2.45) is 5.73 Å². The van der Waals surface area contributed by atoms with Gasteiger partial charge in [-0.2, -0.15) is 0 Å². The lowest BCUT2D eigenvalue weighted by molar-refractivity contribution is -0.122. The van der Waals surface area contributed by atoms with E-state index in [0.29, 0.717) is 0 Å². The van der Waals surface area contributed by atoms with E-state index in [1.807, 2.05) is 69.3 Å². The second kappa shape index (κ2) is 5.37. The Bertz CT molecular complexity index is 619. The number of aryl methyl sites for hydroxylation is 2. The van der Waals surface area contributed by atoms with E-state index < -0.39 is 11.4 Å². The average Bonchev–Trinajstić information content (AvgIpc) is 2.39. The molecular formula is C17H20N2O. The molecule has 0 heterocycles. The Labute approximate surface area is 119 Å². The number of primary amides is 1. The molecule has 0 saturated carbocycles. The van der Waals surface area contributed by atoms with Crippen LogP contribution in [0.2, 0.25) is 0 Å². The summed E-state index contributed by atoms with van der Waals surface area (Å²) in [7, 11) is 0. The zero-order valence-electron chi connectivity index (χ0n) is 12.1. The average molecular weight is 268 g/mol. The van der Waals surface area contributed by atoms with Crippen LogP contribution in [-0.2, 0) is 10.3 Å². The molecule has 0 spiro atoms. The van der Waals surface area contributed by atoms with Crippen molar-refractivity contribution in [3.8, 4) is 0 Å². The Morgan fingerprint density at radius 3 is 2.25 bits per heavy atom. The molecule has 1 atom stereocenters. The predicted molar refractivity (Wildman–Crippen MR) is 82.5 cm³/mol. The SMILES string of the molecule is Cc1ccc(C(C)(Nc2cccc(C)c2)C(N)=O)cc1. The molecule has 3 nitrogen and oxygen atoms in total. The molecule has 0 fully saturated rings. The lowest BCUT2D eigenvalue weighted by atomic mass is 9.90. The monoisotopic (exact) mass is 268 g/mol. The van der Waals surface area contributed by atoms with Gasteiger partial charge in [-0.05, 0) is 44.0 Å². The fraction of sp³-hybridized carbons (Fsp3) is 0.235. The van der Waals surface area contributed by atoms with E-state index in [1.54, 1.807) is 0 Å². The molecule has 1 unspecified atom stereocenters. The summed E-state index contributed by atoms with van der Waals surface area (Å²) in [6, 6.07) is 15.7. The third-order valence-corrected chi connectivity index (χ3v) is 3.53. The number of nitrogens with one attached hydrogen (secondary N) is 1. The fourth-order valence-corrected chi connectivity index (χ4v) is 2.17. The molecule has 0 bridgehead atoms. The van der Waals surface area contributed by atoms with E-state index in [-0.39, 0.29) is 0 Å². The van der Waals surface area contributed by atoms with E-state index in [9.17, 15) is 4.79 Å². The lowest BCUT2D eigenvalue weighted by Gasteiger charge is -2.29. The first kappa shape index (κ1) is 14.1. The van der Waals surface area contributed by atoms with Crippen molar-refractivity contribution in [2.45, 2.75) is 26.3 Å². The van der Waals surface area contributed by atoms with Gasteiger partial charge in [-0.1, -0.05) is 42.0 Å². The third kappa shape index (κ3) is 2.82. The summed E-state index contributed by atoms with van der Waals surface area (Å²) in [5, 5.41) is 3.26. The first-order chi connectivity index (χ1) is 9.41. The normalized spacial score (nSPS) is 13.6. The minimum Gasteiger partial charge on any atom is -0.368 e. The summed E-state index contributed by atoms with van der Waals surface area (Å²) in [5.41, 5.74) is 8.72. The van der Waals surface area contributed by atoms with Crippen molar-refractivity contribution in [2.75, 3.05) is 5.32 Å². The third-order valence-electron chi connectivity index (χ3n) is 3.53. The van der Waals surface area contributed by atoms with E-state index in [0.717, 1.165) is 22.4 Å². The smallest absolute Gasteiger partial charge is 0.247 e. The number of rotatable bonds is 4. The highest BCUT2D eigenvalue weighted by atomic mass is 16.1. The molecule has 0 aliphatic rings. The molecule has 3 heteroatoms. The predicted octanol–water partition coefficient (Wildman–Crippen LogP) is 3.12. The highest BCUT2D eigenvalue weighted by Crippen LogP contribution is 2.26. The maximum Gasteiger partial charge on any atom is 0.247 e. The molecule has 3 N–H and O–H groups in total. The molecule has 2 rings (SSSR count). The molecule has 0 aliphatic carbocycles. The molecule has 0 aliphatic heterocycles. The largest absolute Gasteiger partial charge is 0.368 e. The molecule has 0 radical (unpaired) electrons. The van der Waals surface area contributed by atoms with Crippen LogP contribution < -0.4 is 11.1 Å². The Hall–Kier alpha value is -2.29. The summed E-state index contributed by atoms with van der Waals surface area (Å²) < 4.78 is 0. The molecule has 1 amide bonds. The van der Waals surface area contributed by atoms with Crippen LogP contribution >= 0.6 is 0 Å². The number of carbonyl (C=O) groups is 1. The van der Waals surface area contributed by atoms with Crippen LogP contribution in [-0.4, -0.2) is 5.91 Å². The minimum absolute atomic E-state index is 0.400. The van der Waals surface area contributed by atoms with Gasteiger partial charge in [0.25, 0.3) is 0 Å². The highest BCUT2D eigenvalue weighted by molar-refractivity contribution is 5.89. The van der Waals surface area contributed by atoms with Gasteiger partial charge in [-0.25, -0.2) is 0 Å². The summed E-state index contributed by atoms with van der Waals surface area (Å²) in [6.45, 7) is 5.83. The number of benzene rings is 2. The van der Waals surface area contributed by atoms with Crippen LogP contribution in [0, 0.1) is 13.8 Å². The van der Waals surface area contributed by atoms with Gasteiger partial charge in [0.15, 0.2) is 0 Å². The first-order valence-corrected chi connectivity index (χ1v) is 6.64. The van der Waals surface area contributed by atoms with E-state index in [4.69, 9.17) is 5.73 Å². The molecule has 0 aromatic heterocycles. The zero-order valence-corrected chi connectivity index (χ0v) is 12.1. The maximum absolute atomic E-state index is 12.0. The van der Waals surface area contributed by atoms with Crippen LogP contribution in [0.5, 0.6) is 0 Å². The lowest BCUT2D eigenvalue weighted by Crippen LogP contribution is -2.45. The maximum atomic E-state index is 12.0. The topological polar surface area (TPSA) is 55.1 Å². The molecular weight excluding hydrogens is 248 g/mol. The van der Waals surface area contributed by atoms with Crippen molar-refractivity contribution in [1.29, 1.82) is 0 Å². The number of hydrogen-bond acceptors (Lipinski definition) is 2. The van der Waals surface area contributed by atoms with Crippen LogP contribution in [0.3, 0.4) is 0 Å². The number of hydrogen-bond donors (Lipinski definition) is 2. The van der Waals surface area contributed by atoms with Gasteiger partial charge in [0, 0.05) is 5.69 Å². The number of anilines is 1. The number of carbonyl (C=O) groups excluding carboxylic acids is 1. The van der Waals surface area contributed by atoms with Gasteiger partial charge in [-0.15, -0.1) is 0 Å². The summed E-state index contributed by atoms with van der Waals surface area (Å²) in [4.78, 5) is 12.0. The zero-order chi connectivity index (χ0) is 14.8. The van der Waals surface area contributed by atoms with Crippen molar-refractivity contribution in [3.05, 3.63) is 65.2 Å². The Kier molecular flexibility index (Phi) is 3.79. The van der Waals surface area contributed by atoms with Crippen molar-refractivity contribution in [1.82, 2.24) is 0 Å². The van der Waals surface area contributed by atoms with E-state index in [2.05, 4.69) is 5.32 Å². The van der Waals surface area contributed by atoms with Crippen molar-refractivity contribution in [3.63, 3.8) is 0 Å². The number of amides is 1. The van der Waals surface area contributed by atoms with Crippen molar-refractivity contribution >= 4 is 11.6 Å². The Morgan fingerprint density at radius 1 is 1.05 bits per heavy atom. The first-order valence-electron chi connectivity index (χ1n) is 6.64. The summed E-state index contributed by atoms with van der Waals surface area (Å²) in [5.74, 6) is -0.400. The van der Waals surface area contributed by atoms with Crippen LogP contribution in [0.25, 0.3) is 0 Å². The summed E-state index contributed by atoms with van der Waals surface area (Å²) >= 11 is 0. The van der Waals surface area contributed by atoms with Crippen LogP contribution in [0.4, 0.5) is 5.69 Å². The van der Waals surface area contributed by atoms with Crippen LogP contribution in [0.1, 0.15) is 23.6 Å². The molecule has 104 valence electrons.